The van der Waals surface area contributed by atoms with Gasteiger partial charge in [-0.2, -0.15) is 0 Å². The maximum absolute atomic E-state index is 13.3. The van der Waals surface area contributed by atoms with Gasteiger partial charge in [0.15, 0.2) is 11.6 Å². The standard InChI is InChI=1S/C9H8BrF2NO/c1-4(13)9(14)7-6(11)3-2-5(10)8(7)12/h2-4H,13H2,1H3. The number of hydrogen-bond acceptors (Lipinski definition) is 2. The van der Waals surface area contributed by atoms with E-state index in [-0.39, 0.29) is 4.47 Å². The summed E-state index contributed by atoms with van der Waals surface area (Å²) in [4.78, 5) is 11.3. The Bertz CT molecular complexity index is 379. The number of rotatable bonds is 2. The molecule has 0 bridgehead atoms. The molecule has 0 fully saturated rings. The predicted octanol–water partition coefficient (Wildman–Crippen LogP) is 2.26. The lowest BCUT2D eigenvalue weighted by Gasteiger charge is -2.07. The van der Waals surface area contributed by atoms with Crippen molar-refractivity contribution in [1.29, 1.82) is 0 Å². The summed E-state index contributed by atoms with van der Waals surface area (Å²) >= 11 is 2.86. The third kappa shape index (κ3) is 1.99. The van der Waals surface area contributed by atoms with Gasteiger partial charge in [-0.1, -0.05) is 0 Å². The summed E-state index contributed by atoms with van der Waals surface area (Å²) < 4.78 is 26.5. The van der Waals surface area contributed by atoms with Crippen LogP contribution in [0.1, 0.15) is 17.3 Å². The molecule has 2 nitrogen and oxygen atoms in total. The molecule has 0 aliphatic rings. The van der Waals surface area contributed by atoms with Gasteiger partial charge in [0, 0.05) is 0 Å². The Morgan fingerprint density at radius 1 is 1.50 bits per heavy atom. The Morgan fingerprint density at radius 3 is 2.57 bits per heavy atom. The first-order chi connectivity index (χ1) is 6.45. The first-order valence-corrected chi connectivity index (χ1v) is 4.67. The summed E-state index contributed by atoms with van der Waals surface area (Å²) in [7, 11) is 0. The van der Waals surface area contributed by atoms with E-state index in [1.54, 1.807) is 0 Å². The number of carbonyl (C=O) groups excluding carboxylic acids is 1. The molecule has 2 N–H and O–H groups in total. The highest BCUT2D eigenvalue weighted by Gasteiger charge is 2.21. The predicted molar refractivity (Wildman–Crippen MR) is 52.0 cm³/mol. The van der Waals surface area contributed by atoms with E-state index < -0.39 is 29.0 Å². The van der Waals surface area contributed by atoms with Crippen molar-refractivity contribution in [3.8, 4) is 0 Å². The first kappa shape index (κ1) is 11.3. The summed E-state index contributed by atoms with van der Waals surface area (Å²) in [5.41, 5.74) is 4.67. The average molecular weight is 264 g/mol. The Balaban J connectivity index is 3.33. The molecule has 0 spiro atoms. The first-order valence-electron chi connectivity index (χ1n) is 3.88. The normalized spacial score (nSPS) is 12.6. The van der Waals surface area contributed by atoms with Crippen LogP contribution in [0, 0.1) is 11.6 Å². The van der Waals surface area contributed by atoms with Crippen LogP contribution in [0.4, 0.5) is 8.78 Å². The highest BCUT2D eigenvalue weighted by atomic mass is 79.9. The monoisotopic (exact) mass is 263 g/mol. The fourth-order valence-corrected chi connectivity index (χ4v) is 1.31. The number of halogens is 3. The van der Waals surface area contributed by atoms with Gasteiger partial charge in [0.2, 0.25) is 0 Å². The summed E-state index contributed by atoms with van der Waals surface area (Å²) in [6, 6.07) is 1.29. The number of Topliss-reactive ketones (excluding diaryl/α,β-unsaturated/α-hetero) is 1. The number of benzene rings is 1. The minimum absolute atomic E-state index is 0.0444. The van der Waals surface area contributed by atoms with Crippen molar-refractivity contribution < 1.29 is 13.6 Å². The quantitative estimate of drug-likeness (QED) is 0.657. The molecule has 1 aromatic carbocycles. The van der Waals surface area contributed by atoms with Gasteiger partial charge in [0.25, 0.3) is 0 Å². The number of nitrogens with two attached hydrogens (primary N) is 1. The van der Waals surface area contributed by atoms with Crippen LogP contribution in [0.15, 0.2) is 16.6 Å². The second-order valence-electron chi connectivity index (χ2n) is 2.87. The van der Waals surface area contributed by atoms with E-state index in [4.69, 9.17) is 5.73 Å². The van der Waals surface area contributed by atoms with Crippen molar-refractivity contribution >= 4 is 21.7 Å². The van der Waals surface area contributed by atoms with E-state index in [0.29, 0.717) is 0 Å². The molecular weight excluding hydrogens is 256 g/mol. The summed E-state index contributed by atoms with van der Waals surface area (Å²) in [6.07, 6.45) is 0. The summed E-state index contributed by atoms with van der Waals surface area (Å²) in [5, 5.41) is 0. The van der Waals surface area contributed by atoms with Gasteiger partial charge in [0.1, 0.15) is 5.82 Å². The molecule has 0 aliphatic heterocycles. The third-order valence-corrected chi connectivity index (χ3v) is 2.32. The Labute approximate surface area is 88.2 Å². The van der Waals surface area contributed by atoms with Crippen molar-refractivity contribution in [2.24, 2.45) is 5.73 Å². The van der Waals surface area contributed by atoms with Crippen LogP contribution in [0.2, 0.25) is 0 Å². The topological polar surface area (TPSA) is 43.1 Å². The summed E-state index contributed by atoms with van der Waals surface area (Å²) in [5.74, 6) is -2.55. The van der Waals surface area contributed by atoms with Crippen LogP contribution >= 0.6 is 15.9 Å². The van der Waals surface area contributed by atoms with E-state index in [9.17, 15) is 13.6 Å². The molecule has 1 rings (SSSR count). The molecule has 1 atom stereocenters. The van der Waals surface area contributed by atoms with Gasteiger partial charge in [-0.3, -0.25) is 4.79 Å². The third-order valence-electron chi connectivity index (χ3n) is 1.70. The van der Waals surface area contributed by atoms with E-state index >= 15 is 0 Å². The van der Waals surface area contributed by atoms with Gasteiger partial charge >= 0.3 is 0 Å². The molecule has 0 saturated carbocycles. The zero-order chi connectivity index (χ0) is 10.9. The van der Waals surface area contributed by atoms with Crippen molar-refractivity contribution in [3.05, 3.63) is 33.8 Å². The van der Waals surface area contributed by atoms with Crippen molar-refractivity contribution in [1.82, 2.24) is 0 Å². The van der Waals surface area contributed by atoms with Gasteiger partial charge in [0.05, 0.1) is 16.1 Å². The molecule has 14 heavy (non-hydrogen) atoms. The molecule has 0 radical (unpaired) electrons. The second kappa shape index (κ2) is 4.14. The number of carbonyl (C=O) groups is 1. The smallest absolute Gasteiger partial charge is 0.185 e. The molecule has 0 aliphatic carbocycles. The second-order valence-corrected chi connectivity index (χ2v) is 3.73. The fraction of sp³-hybridized carbons (Fsp3) is 0.222. The lowest BCUT2D eigenvalue weighted by molar-refractivity contribution is 0.0959. The maximum Gasteiger partial charge on any atom is 0.185 e. The molecule has 76 valence electrons. The zero-order valence-corrected chi connectivity index (χ0v) is 8.94. The number of ketones is 1. The van der Waals surface area contributed by atoms with Crippen LogP contribution in [-0.2, 0) is 0 Å². The molecule has 0 heterocycles. The van der Waals surface area contributed by atoms with Crippen LogP contribution in [0.25, 0.3) is 0 Å². The summed E-state index contributed by atoms with van der Waals surface area (Å²) in [6.45, 7) is 1.38. The minimum atomic E-state index is -0.923. The lowest BCUT2D eigenvalue weighted by atomic mass is 10.1. The van der Waals surface area contributed by atoms with Crippen molar-refractivity contribution in [3.63, 3.8) is 0 Å². The Hall–Kier alpha value is -0.810. The molecule has 1 aromatic rings. The highest BCUT2D eigenvalue weighted by Crippen LogP contribution is 2.22. The fourth-order valence-electron chi connectivity index (χ4n) is 0.981. The molecule has 5 heteroatoms. The van der Waals surface area contributed by atoms with Crippen LogP contribution in [0.5, 0.6) is 0 Å². The van der Waals surface area contributed by atoms with Crippen LogP contribution < -0.4 is 5.73 Å². The van der Waals surface area contributed by atoms with Crippen LogP contribution in [0.3, 0.4) is 0 Å². The van der Waals surface area contributed by atoms with Gasteiger partial charge in [-0.05, 0) is 35.0 Å². The van der Waals surface area contributed by atoms with E-state index in [0.717, 1.165) is 6.07 Å². The van der Waals surface area contributed by atoms with E-state index in [2.05, 4.69) is 15.9 Å². The number of hydrogen-bond donors (Lipinski definition) is 1. The van der Waals surface area contributed by atoms with E-state index in [1.807, 2.05) is 0 Å². The molecule has 0 saturated heterocycles. The molecular formula is C9H8BrF2NO. The highest BCUT2D eigenvalue weighted by molar-refractivity contribution is 9.10. The SMILES string of the molecule is CC(N)C(=O)c1c(F)ccc(Br)c1F. The Kier molecular flexibility index (Phi) is 3.34. The van der Waals surface area contributed by atoms with Crippen molar-refractivity contribution in [2.75, 3.05) is 0 Å². The molecule has 1 unspecified atom stereocenters. The molecule has 0 aromatic heterocycles. The van der Waals surface area contributed by atoms with Gasteiger partial charge in [-0.15, -0.1) is 0 Å². The Morgan fingerprint density at radius 2 is 2.07 bits per heavy atom. The van der Waals surface area contributed by atoms with E-state index in [1.165, 1.54) is 13.0 Å². The largest absolute Gasteiger partial charge is 0.321 e. The molecule has 0 amide bonds. The average Bonchev–Trinajstić information content (AvgIpc) is 2.12. The van der Waals surface area contributed by atoms with Gasteiger partial charge in [-0.25, -0.2) is 8.78 Å². The van der Waals surface area contributed by atoms with Crippen molar-refractivity contribution in [2.45, 2.75) is 13.0 Å². The zero-order valence-electron chi connectivity index (χ0n) is 7.35. The maximum atomic E-state index is 13.3. The minimum Gasteiger partial charge on any atom is -0.321 e. The van der Waals surface area contributed by atoms with Crippen LogP contribution in [-0.4, -0.2) is 11.8 Å². The lowest BCUT2D eigenvalue weighted by Crippen LogP contribution is -2.28. The van der Waals surface area contributed by atoms with Gasteiger partial charge < -0.3 is 5.73 Å².